The molecule has 4 nitrogen and oxygen atoms in total. The minimum absolute atomic E-state index is 0.648. The predicted octanol–water partition coefficient (Wildman–Crippen LogP) is 17.3. The van der Waals surface area contributed by atoms with Crippen LogP contribution in [0.4, 0.5) is 0 Å². The van der Waals surface area contributed by atoms with Crippen LogP contribution in [-0.2, 0) is 0 Å². The van der Waals surface area contributed by atoms with Crippen molar-refractivity contribution in [3.8, 4) is 67.4 Å². The van der Waals surface area contributed by atoms with Crippen LogP contribution in [0.3, 0.4) is 0 Å². The summed E-state index contributed by atoms with van der Waals surface area (Å²) >= 11 is 0. The third kappa shape index (κ3) is 6.53. The second-order valence-corrected chi connectivity index (χ2v) is 18.1. The van der Waals surface area contributed by atoms with Gasteiger partial charge in [0.1, 0.15) is 0 Å². The van der Waals surface area contributed by atoms with Crippen LogP contribution in [0, 0.1) is 0 Å². The van der Waals surface area contributed by atoms with Gasteiger partial charge in [-0.2, -0.15) is 0 Å². The molecule has 14 rings (SSSR count). The SMILES string of the molecule is c1ccc2c(-c3ccc(-c4nc(-c5ccc(-c6nccc7ccccc67)cc5)c5cc(-c6cc7ccccc7c7ccccc67)cc(-c6cc7ccccc7c7ccccc67)c5n4)cc3)nccc2c1. The molecule has 0 saturated carbocycles. The predicted molar refractivity (Wildman–Crippen MR) is 293 cm³/mol. The van der Waals surface area contributed by atoms with E-state index in [1.54, 1.807) is 0 Å². The first-order valence-corrected chi connectivity index (χ1v) is 23.8. The van der Waals surface area contributed by atoms with Gasteiger partial charge in [-0.05, 0) is 107 Å². The summed E-state index contributed by atoms with van der Waals surface area (Å²) in [5, 5.41) is 15.1. The van der Waals surface area contributed by atoms with E-state index in [-0.39, 0.29) is 0 Å². The molecule has 0 aliphatic heterocycles. The van der Waals surface area contributed by atoms with Crippen LogP contribution in [0.1, 0.15) is 0 Å². The van der Waals surface area contributed by atoms with Crippen molar-refractivity contribution in [3.05, 3.63) is 243 Å². The molecule has 70 heavy (non-hydrogen) atoms. The zero-order chi connectivity index (χ0) is 46.1. The van der Waals surface area contributed by atoms with E-state index in [2.05, 4.69) is 231 Å². The van der Waals surface area contributed by atoms with Crippen LogP contribution < -0.4 is 0 Å². The zero-order valence-electron chi connectivity index (χ0n) is 37.9. The van der Waals surface area contributed by atoms with Crippen LogP contribution in [0.2, 0.25) is 0 Å². The van der Waals surface area contributed by atoms with Crippen molar-refractivity contribution in [1.82, 2.24) is 19.9 Å². The second-order valence-electron chi connectivity index (χ2n) is 18.1. The molecule has 3 aromatic heterocycles. The van der Waals surface area contributed by atoms with Crippen LogP contribution in [0.25, 0.3) is 143 Å². The van der Waals surface area contributed by atoms with Crippen LogP contribution in [-0.4, -0.2) is 19.9 Å². The molecule has 0 spiro atoms. The Morgan fingerprint density at radius 3 is 1.19 bits per heavy atom. The monoisotopic (exact) mass is 888 g/mol. The summed E-state index contributed by atoms with van der Waals surface area (Å²) in [6.45, 7) is 0. The fourth-order valence-electron chi connectivity index (χ4n) is 10.8. The van der Waals surface area contributed by atoms with E-state index in [1.807, 2.05) is 12.4 Å². The highest BCUT2D eigenvalue weighted by Crippen LogP contribution is 2.45. The van der Waals surface area contributed by atoms with Crippen LogP contribution in [0.15, 0.2) is 243 Å². The van der Waals surface area contributed by atoms with Gasteiger partial charge in [0, 0.05) is 56.4 Å². The third-order valence-corrected chi connectivity index (χ3v) is 14.1. The molecule has 0 unspecified atom stereocenters. The number of rotatable bonds is 6. The van der Waals surface area contributed by atoms with Gasteiger partial charge in [-0.15, -0.1) is 0 Å². The van der Waals surface area contributed by atoms with Gasteiger partial charge >= 0.3 is 0 Å². The number of hydrogen-bond acceptors (Lipinski definition) is 4. The number of fused-ring (bicyclic) bond motifs is 9. The van der Waals surface area contributed by atoms with E-state index in [9.17, 15) is 0 Å². The van der Waals surface area contributed by atoms with Crippen molar-refractivity contribution in [2.24, 2.45) is 0 Å². The number of nitrogens with zero attached hydrogens (tertiary/aromatic N) is 4. The van der Waals surface area contributed by atoms with Crippen molar-refractivity contribution in [2.45, 2.75) is 0 Å². The van der Waals surface area contributed by atoms with Crippen LogP contribution in [0.5, 0.6) is 0 Å². The van der Waals surface area contributed by atoms with Crippen molar-refractivity contribution >= 4 is 75.5 Å². The fraction of sp³-hybridized carbons (Fsp3) is 0. The largest absolute Gasteiger partial charge is 0.256 e. The zero-order valence-corrected chi connectivity index (χ0v) is 37.9. The van der Waals surface area contributed by atoms with Crippen molar-refractivity contribution in [2.75, 3.05) is 0 Å². The van der Waals surface area contributed by atoms with E-state index >= 15 is 0 Å². The summed E-state index contributed by atoms with van der Waals surface area (Å²) in [5.41, 5.74) is 12.1. The van der Waals surface area contributed by atoms with Gasteiger partial charge in [0.05, 0.1) is 22.6 Å². The Balaban J connectivity index is 1.06. The Bertz CT molecular complexity index is 4390. The molecule has 0 fully saturated rings. The molecular formula is C66H40N4. The summed E-state index contributed by atoms with van der Waals surface area (Å²) in [6.07, 6.45) is 3.78. The highest BCUT2D eigenvalue weighted by Gasteiger charge is 2.21. The minimum atomic E-state index is 0.648. The van der Waals surface area contributed by atoms with Gasteiger partial charge < -0.3 is 0 Å². The molecule has 0 aliphatic rings. The maximum absolute atomic E-state index is 5.66. The van der Waals surface area contributed by atoms with Gasteiger partial charge in [0.2, 0.25) is 0 Å². The van der Waals surface area contributed by atoms with E-state index in [0.29, 0.717) is 5.82 Å². The molecule has 324 valence electrons. The minimum Gasteiger partial charge on any atom is -0.256 e. The van der Waals surface area contributed by atoms with Crippen molar-refractivity contribution in [1.29, 1.82) is 0 Å². The Morgan fingerprint density at radius 1 is 0.229 bits per heavy atom. The fourth-order valence-corrected chi connectivity index (χ4v) is 10.8. The molecule has 0 radical (unpaired) electrons. The molecule has 0 aliphatic carbocycles. The summed E-state index contributed by atoms with van der Waals surface area (Å²) in [6, 6.07) is 82.7. The highest BCUT2D eigenvalue weighted by atomic mass is 14.9. The molecule has 0 saturated heterocycles. The molecule has 0 N–H and O–H groups in total. The molecule has 0 atom stereocenters. The van der Waals surface area contributed by atoms with E-state index < -0.39 is 0 Å². The first-order chi connectivity index (χ1) is 34.7. The Hall–Kier alpha value is -9.38. The number of pyridine rings is 2. The lowest BCUT2D eigenvalue weighted by Crippen LogP contribution is -1.99. The second kappa shape index (κ2) is 16.2. The standard InChI is InChI=1S/C66H40N4/c1-7-19-52-41(13-1)33-35-67-62(52)43-25-27-45(28-26-43)64-61-40-49(58-37-47-15-3-5-17-50(47)54-21-9-11-23-56(54)58)39-60(59-38-48-16-4-6-18-51(48)55-22-10-12-24-57(55)59)65(61)70-66(69-64)46-31-29-44(30-32-46)63-53-20-8-2-14-42(53)34-36-68-63/h1-40H. The summed E-state index contributed by atoms with van der Waals surface area (Å²) in [7, 11) is 0. The van der Waals surface area contributed by atoms with Gasteiger partial charge in [-0.25, -0.2) is 9.97 Å². The van der Waals surface area contributed by atoms with Gasteiger partial charge in [0.25, 0.3) is 0 Å². The number of aromatic nitrogens is 4. The third-order valence-electron chi connectivity index (χ3n) is 14.1. The summed E-state index contributed by atoms with van der Waals surface area (Å²) in [4.78, 5) is 21.0. The van der Waals surface area contributed by atoms with Crippen molar-refractivity contribution in [3.63, 3.8) is 0 Å². The maximum Gasteiger partial charge on any atom is 0.160 e. The molecule has 11 aromatic carbocycles. The van der Waals surface area contributed by atoms with E-state index in [1.165, 1.54) is 43.1 Å². The topological polar surface area (TPSA) is 51.6 Å². The Morgan fingerprint density at radius 2 is 0.643 bits per heavy atom. The smallest absolute Gasteiger partial charge is 0.160 e. The molecule has 14 aromatic rings. The molecule has 0 bridgehead atoms. The van der Waals surface area contributed by atoms with Gasteiger partial charge in [-0.1, -0.05) is 194 Å². The molecule has 3 heterocycles. The maximum atomic E-state index is 5.66. The van der Waals surface area contributed by atoms with E-state index in [4.69, 9.17) is 19.9 Å². The highest BCUT2D eigenvalue weighted by molar-refractivity contribution is 6.19. The first kappa shape index (κ1) is 39.8. The van der Waals surface area contributed by atoms with Gasteiger partial charge in [0.15, 0.2) is 5.82 Å². The first-order valence-electron chi connectivity index (χ1n) is 23.8. The van der Waals surface area contributed by atoms with Crippen molar-refractivity contribution < 1.29 is 0 Å². The van der Waals surface area contributed by atoms with Crippen LogP contribution >= 0.6 is 0 Å². The lowest BCUT2D eigenvalue weighted by atomic mass is 9.87. The lowest BCUT2D eigenvalue weighted by Gasteiger charge is -2.18. The quantitative estimate of drug-likeness (QED) is 0.156. The number of benzene rings is 11. The average molecular weight is 889 g/mol. The number of hydrogen-bond donors (Lipinski definition) is 0. The summed E-state index contributed by atoms with van der Waals surface area (Å²) < 4.78 is 0. The molecular weight excluding hydrogens is 849 g/mol. The summed E-state index contributed by atoms with van der Waals surface area (Å²) in [5.74, 6) is 0.648. The Kier molecular flexibility index (Phi) is 9.17. The normalized spacial score (nSPS) is 11.7. The van der Waals surface area contributed by atoms with E-state index in [0.717, 1.165) is 94.0 Å². The van der Waals surface area contributed by atoms with Gasteiger partial charge in [-0.3, -0.25) is 9.97 Å². The molecule has 0 amide bonds. The molecule has 4 heteroatoms. The Labute approximate surface area is 403 Å². The average Bonchev–Trinajstić information content (AvgIpc) is 3.44. The lowest BCUT2D eigenvalue weighted by molar-refractivity contribution is 1.23.